The van der Waals surface area contributed by atoms with Crippen LogP contribution in [-0.2, 0) is 0 Å². The number of hydrogen-bond acceptors (Lipinski definition) is 2. The van der Waals surface area contributed by atoms with Crippen LogP contribution >= 0.6 is 24.0 Å². The third-order valence-electron chi connectivity index (χ3n) is 2.60. The summed E-state index contributed by atoms with van der Waals surface area (Å²) in [6.45, 7) is 6.02. The van der Waals surface area contributed by atoms with E-state index in [4.69, 9.17) is 10.5 Å². The van der Waals surface area contributed by atoms with Crippen LogP contribution in [0.2, 0.25) is 0 Å². The number of nitrogens with two attached hydrogens (primary N) is 1. The predicted octanol–water partition coefficient (Wildman–Crippen LogP) is 2.62. The maximum Gasteiger partial charge on any atom is 0.191 e. The topological polar surface area (TPSA) is 50.8 Å². The second kappa shape index (κ2) is 9.73. The molecular weight excluding hydrogens is 379 g/mol. The minimum absolute atomic E-state index is 0. The van der Waals surface area contributed by atoms with Crippen LogP contribution in [0.15, 0.2) is 23.2 Å². The van der Waals surface area contributed by atoms with Crippen LogP contribution in [0.4, 0.5) is 8.78 Å². The van der Waals surface area contributed by atoms with Gasteiger partial charge in [-0.1, -0.05) is 0 Å². The van der Waals surface area contributed by atoms with Gasteiger partial charge in [-0.3, -0.25) is 0 Å². The molecule has 1 aromatic carbocycles. The molecule has 0 aliphatic rings. The van der Waals surface area contributed by atoms with Crippen LogP contribution in [0.1, 0.15) is 13.8 Å². The molecule has 0 spiro atoms. The van der Waals surface area contributed by atoms with Gasteiger partial charge in [-0.15, -0.1) is 24.0 Å². The van der Waals surface area contributed by atoms with E-state index >= 15 is 0 Å². The fourth-order valence-corrected chi connectivity index (χ4v) is 1.56. The fourth-order valence-electron chi connectivity index (χ4n) is 1.56. The standard InChI is InChI=1S/C13H19F2N3O.HI/c1-3-18(4-2)13(16)17-7-8-19-12-6-5-10(14)9-11(12)15;/h5-6,9H,3-4,7-8H2,1-2H3,(H2,16,17);1H. The molecule has 0 fully saturated rings. The highest BCUT2D eigenvalue weighted by atomic mass is 127. The molecule has 0 bridgehead atoms. The lowest BCUT2D eigenvalue weighted by Crippen LogP contribution is -2.37. The van der Waals surface area contributed by atoms with Crippen molar-refractivity contribution < 1.29 is 13.5 Å². The van der Waals surface area contributed by atoms with Gasteiger partial charge in [0.15, 0.2) is 17.5 Å². The molecule has 0 saturated carbocycles. The predicted molar refractivity (Wildman–Crippen MR) is 86.7 cm³/mol. The summed E-state index contributed by atoms with van der Waals surface area (Å²) in [5.41, 5.74) is 5.76. The second-order valence-corrected chi connectivity index (χ2v) is 3.84. The molecule has 0 aliphatic carbocycles. The molecule has 0 saturated heterocycles. The zero-order chi connectivity index (χ0) is 14.3. The molecule has 20 heavy (non-hydrogen) atoms. The van der Waals surface area contributed by atoms with Crippen LogP contribution in [0.25, 0.3) is 0 Å². The number of hydrogen-bond donors (Lipinski definition) is 1. The molecule has 0 amide bonds. The quantitative estimate of drug-likeness (QED) is 0.346. The van der Waals surface area contributed by atoms with Crippen molar-refractivity contribution in [3.8, 4) is 5.75 Å². The zero-order valence-corrected chi connectivity index (χ0v) is 13.9. The molecule has 4 nitrogen and oxygen atoms in total. The summed E-state index contributed by atoms with van der Waals surface area (Å²) in [6.07, 6.45) is 0. The molecule has 1 aromatic rings. The Morgan fingerprint density at radius 2 is 1.95 bits per heavy atom. The number of ether oxygens (including phenoxy) is 1. The number of benzene rings is 1. The Bertz CT molecular complexity index is 440. The summed E-state index contributed by atoms with van der Waals surface area (Å²) < 4.78 is 31.1. The van der Waals surface area contributed by atoms with Crippen molar-refractivity contribution in [2.75, 3.05) is 26.2 Å². The van der Waals surface area contributed by atoms with Crippen LogP contribution < -0.4 is 10.5 Å². The van der Waals surface area contributed by atoms with Crippen LogP contribution in [0.5, 0.6) is 5.75 Å². The van der Waals surface area contributed by atoms with E-state index in [1.165, 1.54) is 6.07 Å². The molecule has 0 radical (unpaired) electrons. The van der Waals surface area contributed by atoms with Gasteiger partial charge in [-0.05, 0) is 26.0 Å². The lowest BCUT2D eigenvalue weighted by atomic mass is 10.3. The molecule has 2 N–H and O–H groups in total. The number of nitrogens with zero attached hydrogens (tertiary/aromatic N) is 2. The van der Waals surface area contributed by atoms with Gasteiger partial charge in [0, 0.05) is 19.2 Å². The van der Waals surface area contributed by atoms with E-state index < -0.39 is 11.6 Å². The highest BCUT2D eigenvalue weighted by molar-refractivity contribution is 14.0. The van der Waals surface area contributed by atoms with Crippen molar-refractivity contribution in [2.24, 2.45) is 10.7 Å². The highest BCUT2D eigenvalue weighted by Gasteiger charge is 2.05. The van der Waals surface area contributed by atoms with E-state index in [1.807, 2.05) is 18.7 Å². The monoisotopic (exact) mass is 399 g/mol. The largest absolute Gasteiger partial charge is 0.489 e. The first-order chi connectivity index (χ1) is 9.08. The molecule has 0 unspecified atom stereocenters. The Morgan fingerprint density at radius 3 is 2.50 bits per heavy atom. The Labute approximate surface area is 135 Å². The van der Waals surface area contributed by atoms with Crippen molar-refractivity contribution >= 4 is 29.9 Å². The Kier molecular flexibility index (Phi) is 9.19. The van der Waals surface area contributed by atoms with E-state index in [2.05, 4.69) is 4.99 Å². The summed E-state index contributed by atoms with van der Waals surface area (Å²) in [5.74, 6) is -0.902. The van der Waals surface area contributed by atoms with E-state index in [9.17, 15) is 8.78 Å². The maximum atomic E-state index is 13.2. The van der Waals surface area contributed by atoms with Crippen LogP contribution in [0.3, 0.4) is 0 Å². The highest BCUT2D eigenvalue weighted by Crippen LogP contribution is 2.17. The van der Waals surface area contributed by atoms with Gasteiger partial charge < -0.3 is 15.4 Å². The number of halogens is 3. The third-order valence-corrected chi connectivity index (χ3v) is 2.60. The molecule has 0 aromatic heterocycles. The zero-order valence-electron chi connectivity index (χ0n) is 11.6. The van der Waals surface area contributed by atoms with E-state index in [0.29, 0.717) is 12.5 Å². The van der Waals surface area contributed by atoms with Crippen molar-refractivity contribution in [1.29, 1.82) is 0 Å². The van der Waals surface area contributed by atoms with E-state index in [0.717, 1.165) is 25.2 Å². The molecule has 0 heterocycles. The van der Waals surface area contributed by atoms with Gasteiger partial charge >= 0.3 is 0 Å². The van der Waals surface area contributed by atoms with Crippen molar-refractivity contribution in [3.05, 3.63) is 29.8 Å². The van der Waals surface area contributed by atoms with Gasteiger partial charge in [-0.2, -0.15) is 0 Å². The minimum Gasteiger partial charge on any atom is -0.489 e. The van der Waals surface area contributed by atoms with E-state index in [1.54, 1.807) is 0 Å². The molecule has 1 rings (SSSR count). The van der Waals surface area contributed by atoms with Crippen molar-refractivity contribution in [2.45, 2.75) is 13.8 Å². The van der Waals surface area contributed by atoms with Gasteiger partial charge in [0.1, 0.15) is 12.4 Å². The molecule has 114 valence electrons. The van der Waals surface area contributed by atoms with Crippen LogP contribution in [-0.4, -0.2) is 37.1 Å². The SMILES string of the molecule is CCN(CC)C(N)=NCCOc1ccc(F)cc1F.I. The molecule has 7 heteroatoms. The summed E-state index contributed by atoms with van der Waals surface area (Å²) in [7, 11) is 0. The summed E-state index contributed by atoms with van der Waals surface area (Å²) in [6, 6.07) is 3.18. The summed E-state index contributed by atoms with van der Waals surface area (Å²) in [4.78, 5) is 6.03. The maximum absolute atomic E-state index is 13.2. The first kappa shape index (κ1) is 18.9. The average molecular weight is 399 g/mol. The number of guanidine groups is 1. The van der Waals surface area contributed by atoms with Gasteiger partial charge in [-0.25, -0.2) is 13.8 Å². The van der Waals surface area contributed by atoms with Gasteiger partial charge in [0.25, 0.3) is 0 Å². The van der Waals surface area contributed by atoms with Crippen LogP contribution in [0, 0.1) is 11.6 Å². The lowest BCUT2D eigenvalue weighted by Gasteiger charge is -2.19. The van der Waals surface area contributed by atoms with Gasteiger partial charge in [0.2, 0.25) is 0 Å². The fraction of sp³-hybridized carbons (Fsp3) is 0.462. The Hall–Kier alpha value is -1.12. The molecular formula is C13H20F2IN3O. The van der Waals surface area contributed by atoms with Crippen molar-refractivity contribution in [3.63, 3.8) is 0 Å². The second-order valence-electron chi connectivity index (χ2n) is 3.84. The first-order valence-corrected chi connectivity index (χ1v) is 6.21. The third kappa shape index (κ3) is 5.89. The Balaban J connectivity index is 0.00000361. The first-order valence-electron chi connectivity index (χ1n) is 6.21. The average Bonchev–Trinajstić information content (AvgIpc) is 2.38. The summed E-state index contributed by atoms with van der Waals surface area (Å²) >= 11 is 0. The lowest BCUT2D eigenvalue weighted by molar-refractivity contribution is 0.309. The molecule has 0 aliphatic heterocycles. The smallest absolute Gasteiger partial charge is 0.191 e. The summed E-state index contributed by atoms with van der Waals surface area (Å²) in [5, 5.41) is 0. The minimum atomic E-state index is -0.722. The molecule has 0 atom stereocenters. The van der Waals surface area contributed by atoms with Gasteiger partial charge in [0.05, 0.1) is 6.54 Å². The Morgan fingerprint density at radius 1 is 1.30 bits per heavy atom. The normalized spacial score (nSPS) is 10.9. The number of aliphatic imine (C=N–C) groups is 1. The van der Waals surface area contributed by atoms with E-state index in [-0.39, 0.29) is 36.3 Å². The van der Waals surface area contributed by atoms with Crippen molar-refractivity contribution in [1.82, 2.24) is 4.90 Å². The number of rotatable bonds is 6.